The van der Waals surface area contributed by atoms with Gasteiger partial charge in [-0.2, -0.15) is 5.10 Å². The van der Waals surface area contributed by atoms with E-state index in [4.69, 9.17) is 15.8 Å². The molecule has 0 unspecified atom stereocenters. The Morgan fingerprint density at radius 3 is 1.83 bits per heavy atom. The average Bonchev–Trinajstić information content (AvgIpc) is 3.89. The van der Waals surface area contributed by atoms with E-state index in [-0.39, 0.29) is 0 Å². The zero-order valence-corrected chi connectivity index (χ0v) is 27.3. The highest BCUT2D eigenvalue weighted by Gasteiger charge is 2.40. The molecule has 0 saturated carbocycles. The molecule has 47 heavy (non-hydrogen) atoms. The van der Waals surface area contributed by atoms with E-state index in [1.165, 1.54) is 9.09 Å². The van der Waals surface area contributed by atoms with Crippen molar-refractivity contribution in [3.05, 3.63) is 175 Å². The number of aromatic nitrogens is 4. The number of nitrogens with zero attached hydrogens (tertiary/aromatic N) is 4. The minimum Gasteiger partial charge on any atom is -0.399 e. The maximum absolute atomic E-state index is 6.15. The number of anilines is 1. The van der Waals surface area contributed by atoms with E-state index in [1.54, 1.807) is 23.1 Å². The molecule has 0 aliphatic heterocycles. The van der Waals surface area contributed by atoms with E-state index >= 15 is 0 Å². The second-order valence-electron chi connectivity index (χ2n) is 11.4. The van der Waals surface area contributed by atoms with Crippen molar-refractivity contribution in [1.82, 2.24) is 19.2 Å². The third kappa shape index (κ3) is 5.04. The normalized spacial score (nSPS) is 11.7. The SMILES string of the molecule is CSc1ccc(-c2cnc3ccc(-c4cn(C(c5ccccc5)(c5ccccc5)c5ccccc5)nc4-c4ccc(N)cc4)cn23)s1. The van der Waals surface area contributed by atoms with E-state index in [2.05, 4.69) is 155 Å². The van der Waals surface area contributed by atoms with Gasteiger partial charge in [-0.25, -0.2) is 4.98 Å². The lowest BCUT2D eigenvalue weighted by atomic mass is 9.77. The van der Waals surface area contributed by atoms with E-state index in [0.717, 1.165) is 50.4 Å². The Kier molecular flexibility index (Phi) is 7.48. The summed E-state index contributed by atoms with van der Waals surface area (Å²) in [7, 11) is 0. The second-order valence-corrected chi connectivity index (χ2v) is 13.6. The fraction of sp³-hybridized carbons (Fsp3) is 0.0500. The van der Waals surface area contributed by atoms with Gasteiger partial charge < -0.3 is 5.73 Å². The number of pyridine rings is 1. The topological polar surface area (TPSA) is 61.1 Å². The number of imidazole rings is 1. The van der Waals surface area contributed by atoms with Crippen molar-refractivity contribution in [1.29, 1.82) is 0 Å². The lowest BCUT2D eigenvalue weighted by Gasteiger charge is -2.36. The first-order valence-electron chi connectivity index (χ1n) is 15.4. The minimum absolute atomic E-state index is 0.715. The summed E-state index contributed by atoms with van der Waals surface area (Å²) < 4.78 is 5.61. The molecule has 0 aliphatic carbocycles. The van der Waals surface area contributed by atoms with Crippen molar-refractivity contribution >= 4 is 34.4 Å². The van der Waals surface area contributed by atoms with Crippen LogP contribution in [-0.2, 0) is 5.54 Å². The molecule has 0 amide bonds. The van der Waals surface area contributed by atoms with Crippen LogP contribution >= 0.6 is 23.1 Å². The van der Waals surface area contributed by atoms with Gasteiger partial charge in [-0.05, 0) is 59.3 Å². The number of thioether (sulfide) groups is 1. The largest absolute Gasteiger partial charge is 0.399 e. The van der Waals surface area contributed by atoms with Gasteiger partial charge in [0.15, 0.2) is 0 Å². The Hall–Kier alpha value is -5.37. The number of rotatable bonds is 8. The Morgan fingerprint density at radius 1 is 0.660 bits per heavy atom. The van der Waals surface area contributed by atoms with Crippen molar-refractivity contribution in [3.8, 4) is 33.0 Å². The van der Waals surface area contributed by atoms with Crippen molar-refractivity contribution in [3.63, 3.8) is 0 Å². The van der Waals surface area contributed by atoms with Gasteiger partial charge in [-0.3, -0.25) is 9.08 Å². The van der Waals surface area contributed by atoms with Crippen LogP contribution in [0.15, 0.2) is 162 Å². The van der Waals surface area contributed by atoms with Crippen LogP contribution in [0.5, 0.6) is 0 Å². The molecule has 4 aromatic heterocycles. The minimum atomic E-state index is -0.750. The molecule has 5 nitrogen and oxygen atoms in total. The Morgan fingerprint density at radius 2 is 1.26 bits per heavy atom. The summed E-state index contributed by atoms with van der Waals surface area (Å²) in [6.45, 7) is 0. The molecule has 4 aromatic carbocycles. The van der Waals surface area contributed by atoms with Gasteiger partial charge in [0.05, 0.1) is 21.0 Å². The quantitative estimate of drug-likeness (QED) is 0.102. The Balaban J connectivity index is 1.42. The van der Waals surface area contributed by atoms with Crippen molar-refractivity contribution < 1.29 is 0 Å². The van der Waals surface area contributed by atoms with Gasteiger partial charge in [0.2, 0.25) is 0 Å². The van der Waals surface area contributed by atoms with Crippen LogP contribution in [0.25, 0.3) is 38.6 Å². The molecular formula is C40H31N5S2. The molecule has 0 bridgehead atoms. The highest BCUT2D eigenvalue weighted by Crippen LogP contribution is 2.43. The lowest BCUT2D eigenvalue weighted by molar-refractivity contribution is 0.461. The summed E-state index contributed by atoms with van der Waals surface area (Å²) in [5, 5.41) is 5.50. The van der Waals surface area contributed by atoms with Crippen LogP contribution in [0.4, 0.5) is 5.69 Å². The summed E-state index contributed by atoms with van der Waals surface area (Å²) in [5.41, 5.74) is 15.4. The first-order chi connectivity index (χ1) is 23.1. The predicted molar refractivity (Wildman–Crippen MR) is 196 cm³/mol. The number of nitrogens with two attached hydrogens (primary N) is 1. The predicted octanol–water partition coefficient (Wildman–Crippen LogP) is 9.74. The molecule has 0 radical (unpaired) electrons. The molecule has 4 heterocycles. The van der Waals surface area contributed by atoms with Gasteiger partial charge in [0.1, 0.15) is 16.9 Å². The summed E-state index contributed by atoms with van der Waals surface area (Å²) >= 11 is 3.54. The van der Waals surface area contributed by atoms with Crippen molar-refractivity contribution in [2.45, 2.75) is 9.75 Å². The lowest BCUT2D eigenvalue weighted by Crippen LogP contribution is -2.38. The van der Waals surface area contributed by atoms with E-state index in [0.29, 0.717) is 5.69 Å². The molecule has 0 saturated heterocycles. The van der Waals surface area contributed by atoms with Gasteiger partial charge in [-0.15, -0.1) is 23.1 Å². The van der Waals surface area contributed by atoms with Gasteiger partial charge >= 0.3 is 0 Å². The molecule has 0 fully saturated rings. The number of thiophene rings is 1. The first-order valence-corrected chi connectivity index (χ1v) is 17.4. The van der Waals surface area contributed by atoms with Crippen LogP contribution in [-0.4, -0.2) is 25.4 Å². The Bertz CT molecular complexity index is 2190. The maximum Gasteiger partial charge on any atom is 0.138 e. The van der Waals surface area contributed by atoms with Crippen LogP contribution in [0.1, 0.15) is 16.7 Å². The maximum atomic E-state index is 6.15. The fourth-order valence-corrected chi connectivity index (χ4v) is 7.99. The van der Waals surface area contributed by atoms with E-state index < -0.39 is 5.54 Å². The monoisotopic (exact) mass is 645 g/mol. The molecule has 0 spiro atoms. The second kappa shape index (κ2) is 12.1. The molecular weight excluding hydrogens is 615 g/mol. The Labute approximate surface area is 282 Å². The number of hydrogen-bond acceptors (Lipinski definition) is 5. The third-order valence-electron chi connectivity index (χ3n) is 8.67. The molecule has 7 heteroatoms. The van der Waals surface area contributed by atoms with Crippen LogP contribution < -0.4 is 5.73 Å². The van der Waals surface area contributed by atoms with Crippen molar-refractivity contribution in [2.24, 2.45) is 0 Å². The summed E-state index contributed by atoms with van der Waals surface area (Å²) in [6, 6.07) is 48.5. The van der Waals surface area contributed by atoms with E-state index in [1.807, 2.05) is 18.3 Å². The highest BCUT2D eigenvalue weighted by molar-refractivity contribution is 8.00. The summed E-state index contributed by atoms with van der Waals surface area (Å²) in [4.78, 5) is 5.93. The number of benzene rings is 4. The van der Waals surface area contributed by atoms with Crippen molar-refractivity contribution in [2.75, 3.05) is 12.0 Å². The number of fused-ring (bicyclic) bond motifs is 1. The standard InChI is InChI=1S/C40H31N5S2/c1-46-38-24-22-36(47-38)35-25-42-37-23-19-29(26-44(35)37)34-27-45(43-39(34)28-17-20-33(41)21-18-28)40(30-11-5-2-6-12-30,31-13-7-3-8-14-31)32-15-9-4-10-16-32/h2-27H,41H2,1H3. The number of nitrogen functional groups attached to an aromatic ring is 1. The highest BCUT2D eigenvalue weighted by atomic mass is 32.2. The summed E-state index contributed by atoms with van der Waals surface area (Å²) in [6.07, 6.45) is 8.46. The fourth-order valence-electron chi connectivity index (χ4n) is 6.44. The molecule has 8 rings (SSSR count). The molecule has 0 atom stereocenters. The summed E-state index contributed by atoms with van der Waals surface area (Å²) in [5.74, 6) is 0. The first kappa shape index (κ1) is 29.1. The zero-order valence-electron chi connectivity index (χ0n) is 25.7. The third-order valence-corrected chi connectivity index (χ3v) is 10.9. The smallest absolute Gasteiger partial charge is 0.138 e. The van der Waals surface area contributed by atoms with E-state index in [9.17, 15) is 0 Å². The van der Waals surface area contributed by atoms with Crippen LogP contribution in [0.3, 0.4) is 0 Å². The molecule has 0 aliphatic rings. The average molecular weight is 646 g/mol. The molecule has 228 valence electrons. The van der Waals surface area contributed by atoms with Gasteiger partial charge in [0.25, 0.3) is 0 Å². The van der Waals surface area contributed by atoms with Gasteiger partial charge in [-0.1, -0.05) is 103 Å². The van der Waals surface area contributed by atoms with Gasteiger partial charge in [0, 0.05) is 34.8 Å². The zero-order chi connectivity index (χ0) is 31.8. The molecule has 8 aromatic rings. The van der Waals surface area contributed by atoms with Crippen LogP contribution in [0, 0.1) is 0 Å². The number of hydrogen-bond donors (Lipinski definition) is 1. The molecule has 2 N–H and O–H groups in total. The van der Waals surface area contributed by atoms with Crippen LogP contribution in [0.2, 0.25) is 0 Å².